The van der Waals surface area contributed by atoms with Crippen LogP contribution in [0.5, 0.6) is 0 Å². The molecule has 0 aliphatic carbocycles. The molecule has 22 heavy (non-hydrogen) atoms. The van der Waals surface area contributed by atoms with Gasteiger partial charge in [-0.1, -0.05) is 11.2 Å². The molecule has 1 aliphatic heterocycles. The van der Waals surface area contributed by atoms with E-state index in [1.165, 1.54) is 6.07 Å². The van der Waals surface area contributed by atoms with Gasteiger partial charge in [-0.2, -0.15) is 4.98 Å². The summed E-state index contributed by atoms with van der Waals surface area (Å²) < 4.78 is 30.1. The molecule has 1 atom stereocenters. The topological polar surface area (TPSA) is 61.3 Å². The summed E-state index contributed by atoms with van der Waals surface area (Å²) in [7, 11) is 0. The number of hydrogen-bond donors (Lipinski definition) is 0. The highest BCUT2D eigenvalue weighted by molar-refractivity contribution is 5.85. The summed E-state index contributed by atoms with van der Waals surface area (Å²) in [6.45, 7) is 3.29. The normalized spacial score (nSPS) is 18.9. The fourth-order valence-electron chi connectivity index (χ4n) is 2.78. The standard InChI is InChI=1S/C16H15FN2O3/c1-9-4-5-12(17)14-11(9)7-13(21-14)16-18-15(19-22-16)10-3-2-6-20-8-10/h4-5,7,10H,2-3,6,8H2,1H3. The maximum Gasteiger partial charge on any atom is 0.293 e. The van der Waals surface area contributed by atoms with Crippen LogP contribution in [0.15, 0.2) is 27.1 Å². The SMILES string of the molecule is Cc1ccc(F)c2oc(-c3nc(C4CCCOC4)no3)cc12. The van der Waals surface area contributed by atoms with Crippen molar-refractivity contribution in [2.24, 2.45) is 0 Å². The van der Waals surface area contributed by atoms with Gasteiger partial charge in [0, 0.05) is 17.9 Å². The molecule has 1 aliphatic rings. The second-order valence-corrected chi connectivity index (χ2v) is 5.59. The van der Waals surface area contributed by atoms with Crippen molar-refractivity contribution in [3.8, 4) is 11.7 Å². The minimum atomic E-state index is -0.396. The zero-order valence-corrected chi connectivity index (χ0v) is 12.1. The number of halogens is 1. The lowest BCUT2D eigenvalue weighted by Crippen LogP contribution is -2.16. The minimum absolute atomic E-state index is 0.147. The van der Waals surface area contributed by atoms with Gasteiger partial charge in [0.25, 0.3) is 5.89 Å². The van der Waals surface area contributed by atoms with Crippen LogP contribution in [-0.4, -0.2) is 23.4 Å². The first-order valence-electron chi connectivity index (χ1n) is 7.33. The Hall–Kier alpha value is -2.21. The summed E-state index contributed by atoms with van der Waals surface area (Å²) >= 11 is 0. The monoisotopic (exact) mass is 302 g/mol. The Kier molecular flexibility index (Phi) is 3.18. The molecule has 114 valence electrons. The molecule has 0 spiro atoms. The van der Waals surface area contributed by atoms with Gasteiger partial charge in [0.2, 0.25) is 0 Å². The maximum atomic E-state index is 13.8. The summed E-state index contributed by atoms with van der Waals surface area (Å²) in [4.78, 5) is 4.38. The maximum absolute atomic E-state index is 13.8. The highest BCUT2D eigenvalue weighted by Gasteiger charge is 2.23. The Morgan fingerprint density at radius 1 is 1.32 bits per heavy atom. The first kappa shape index (κ1) is 13.5. The molecule has 0 N–H and O–H groups in total. The van der Waals surface area contributed by atoms with Crippen molar-refractivity contribution in [3.05, 3.63) is 35.4 Å². The Morgan fingerprint density at radius 2 is 2.23 bits per heavy atom. The van der Waals surface area contributed by atoms with E-state index >= 15 is 0 Å². The Bertz CT molecular complexity index is 779. The number of nitrogens with zero attached hydrogens (tertiary/aromatic N) is 2. The molecule has 1 fully saturated rings. The summed E-state index contributed by atoms with van der Waals surface area (Å²) in [6.07, 6.45) is 1.97. The average molecular weight is 302 g/mol. The van der Waals surface area contributed by atoms with Crippen LogP contribution in [0.2, 0.25) is 0 Å². The zero-order chi connectivity index (χ0) is 15.1. The van der Waals surface area contributed by atoms with E-state index in [4.69, 9.17) is 13.7 Å². The Labute approximate surface area is 126 Å². The molecular weight excluding hydrogens is 287 g/mol. The molecule has 5 nitrogen and oxygen atoms in total. The number of fused-ring (bicyclic) bond motifs is 1. The van der Waals surface area contributed by atoms with E-state index < -0.39 is 5.82 Å². The van der Waals surface area contributed by atoms with Crippen molar-refractivity contribution in [2.45, 2.75) is 25.7 Å². The van der Waals surface area contributed by atoms with Gasteiger partial charge in [-0.05, 0) is 37.5 Å². The number of furan rings is 1. The Morgan fingerprint density at radius 3 is 3.00 bits per heavy atom. The first-order chi connectivity index (χ1) is 10.7. The van der Waals surface area contributed by atoms with E-state index in [0.717, 1.165) is 30.4 Å². The molecule has 0 bridgehead atoms. The number of aromatic nitrogens is 2. The highest BCUT2D eigenvalue weighted by atomic mass is 19.1. The van der Waals surface area contributed by atoms with E-state index in [2.05, 4.69) is 10.1 Å². The molecule has 0 amide bonds. The van der Waals surface area contributed by atoms with Crippen molar-refractivity contribution in [2.75, 3.05) is 13.2 Å². The van der Waals surface area contributed by atoms with Crippen molar-refractivity contribution in [1.82, 2.24) is 10.1 Å². The lowest BCUT2D eigenvalue weighted by Gasteiger charge is -2.18. The fourth-order valence-corrected chi connectivity index (χ4v) is 2.78. The minimum Gasteiger partial charge on any atom is -0.448 e. The van der Waals surface area contributed by atoms with Crippen molar-refractivity contribution >= 4 is 11.0 Å². The quantitative estimate of drug-likeness (QED) is 0.720. The van der Waals surface area contributed by atoms with Gasteiger partial charge in [-0.15, -0.1) is 0 Å². The molecule has 1 unspecified atom stereocenters. The van der Waals surface area contributed by atoms with Crippen LogP contribution in [0.4, 0.5) is 4.39 Å². The van der Waals surface area contributed by atoms with Gasteiger partial charge in [0.15, 0.2) is 23.0 Å². The van der Waals surface area contributed by atoms with Gasteiger partial charge < -0.3 is 13.7 Å². The van der Waals surface area contributed by atoms with Gasteiger partial charge in [-0.25, -0.2) is 4.39 Å². The van der Waals surface area contributed by atoms with Gasteiger partial charge in [0.05, 0.1) is 6.61 Å². The van der Waals surface area contributed by atoms with E-state index in [0.29, 0.717) is 18.2 Å². The average Bonchev–Trinajstić information content (AvgIpc) is 3.19. The molecule has 2 aromatic heterocycles. The van der Waals surface area contributed by atoms with E-state index in [1.54, 1.807) is 12.1 Å². The van der Waals surface area contributed by atoms with Crippen LogP contribution in [-0.2, 0) is 4.74 Å². The molecule has 1 aromatic carbocycles. The molecule has 6 heteroatoms. The first-order valence-corrected chi connectivity index (χ1v) is 7.33. The molecule has 1 saturated heterocycles. The van der Waals surface area contributed by atoms with Crippen LogP contribution >= 0.6 is 0 Å². The van der Waals surface area contributed by atoms with E-state index in [9.17, 15) is 4.39 Å². The second-order valence-electron chi connectivity index (χ2n) is 5.59. The van der Waals surface area contributed by atoms with E-state index in [1.807, 2.05) is 6.92 Å². The van der Waals surface area contributed by atoms with Crippen LogP contribution < -0.4 is 0 Å². The molecule has 0 radical (unpaired) electrons. The number of ether oxygens (including phenoxy) is 1. The smallest absolute Gasteiger partial charge is 0.293 e. The number of hydrogen-bond acceptors (Lipinski definition) is 5. The van der Waals surface area contributed by atoms with Gasteiger partial charge in [0.1, 0.15) is 0 Å². The second kappa shape index (κ2) is 5.21. The molecule has 4 rings (SSSR count). The molecule has 3 aromatic rings. The van der Waals surface area contributed by atoms with E-state index in [-0.39, 0.29) is 17.4 Å². The van der Waals surface area contributed by atoms with Crippen molar-refractivity contribution in [1.29, 1.82) is 0 Å². The predicted molar refractivity (Wildman–Crippen MR) is 77.0 cm³/mol. The summed E-state index contributed by atoms with van der Waals surface area (Å²) in [5, 5.41) is 4.73. The summed E-state index contributed by atoms with van der Waals surface area (Å²) in [5.74, 6) is 1.03. The third-order valence-corrected chi connectivity index (χ3v) is 4.03. The van der Waals surface area contributed by atoms with Crippen LogP contribution in [0, 0.1) is 12.7 Å². The molecule has 0 saturated carbocycles. The largest absolute Gasteiger partial charge is 0.448 e. The third-order valence-electron chi connectivity index (χ3n) is 4.03. The number of rotatable bonds is 2. The van der Waals surface area contributed by atoms with Crippen LogP contribution in [0.3, 0.4) is 0 Å². The molecular formula is C16H15FN2O3. The third kappa shape index (κ3) is 2.20. The van der Waals surface area contributed by atoms with Crippen molar-refractivity contribution < 1.29 is 18.1 Å². The lowest BCUT2D eigenvalue weighted by molar-refractivity contribution is 0.0773. The number of aryl methyl sites for hydroxylation is 1. The Balaban J connectivity index is 1.71. The fraction of sp³-hybridized carbons (Fsp3) is 0.375. The van der Waals surface area contributed by atoms with Crippen LogP contribution in [0.25, 0.3) is 22.6 Å². The predicted octanol–water partition coefficient (Wildman–Crippen LogP) is 3.82. The summed E-state index contributed by atoms with van der Waals surface area (Å²) in [5.41, 5.74) is 1.16. The van der Waals surface area contributed by atoms with Gasteiger partial charge >= 0.3 is 0 Å². The van der Waals surface area contributed by atoms with Crippen molar-refractivity contribution in [3.63, 3.8) is 0 Å². The van der Waals surface area contributed by atoms with Gasteiger partial charge in [-0.3, -0.25) is 0 Å². The molecule has 3 heterocycles. The lowest BCUT2D eigenvalue weighted by atomic mass is 10.0. The highest BCUT2D eigenvalue weighted by Crippen LogP contribution is 2.32. The van der Waals surface area contributed by atoms with Crippen LogP contribution in [0.1, 0.15) is 30.1 Å². The number of benzene rings is 1. The zero-order valence-electron chi connectivity index (χ0n) is 12.1. The summed E-state index contributed by atoms with van der Waals surface area (Å²) in [6, 6.07) is 4.85.